The number of nitrogens with one attached hydrogen (secondary N) is 2. The summed E-state index contributed by atoms with van der Waals surface area (Å²) in [7, 11) is 0. The van der Waals surface area contributed by atoms with Crippen LogP contribution < -0.4 is 10.6 Å². The molecule has 2 rings (SSSR count). The Labute approximate surface area is 118 Å². The molecule has 20 heavy (non-hydrogen) atoms. The third-order valence-corrected chi connectivity index (χ3v) is 3.16. The van der Waals surface area contributed by atoms with Gasteiger partial charge in [0.25, 0.3) is 0 Å². The van der Waals surface area contributed by atoms with E-state index in [-0.39, 0.29) is 6.03 Å². The van der Waals surface area contributed by atoms with E-state index in [0.717, 1.165) is 45.7 Å². The van der Waals surface area contributed by atoms with E-state index in [4.69, 9.17) is 9.26 Å². The van der Waals surface area contributed by atoms with E-state index in [2.05, 4.69) is 20.7 Å². The molecular weight excluding hydrogens is 260 g/mol. The van der Waals surface area contributed by atoms with Crippen molar-refractivity contribution in [2.24, 2.45) is 0 Å². The lowest BCUT2D eigenvalue weighted by molar-refractivity contribution is 0.0372. The number of morpholine rings is 1. The van der Waals surface area contributed by atoms with Gasteiger partial charge in [-0.05, 0) is 26.3 Å². The highest BCUT2D eigenvalue weighted by atomic mass is 16.5. The number of carbonyl (C=O) groups is 1. The maximum Gasteiger partial charge on any atom is 0.320 e. The van der Waals surface area contributed by atoms with Crippen LogP contribution >= 0.6 is 0 Å². The number of urea groups is 1. The Morgan fingerprint density at radius 3 is 2.90 bits per heavy atom. The van der Waals surface area contributed by atoms with Crippen LogP contribution in [0.2, 0.25) is 0 Å². The number of aromatic nitrogens is 1. The normalized spacial score (nSPS) is 16.1. The fourth-order valence-corrected chi connectivity index (χ4v) is 2.07. The maximum atomic E-state index is 11.6. The van der Waals surface area contributed by atoms with Crippen molar-refractivity contribution in [2.75, 3.05) is 44.7 Å². The number of amides is 2. The molecule has 2 heterocycles. The maximum absolute atomic E-state index is 11.6. The monoisotopic (exact) mass is 282 g/mol. The summed E-state index contributed by atoms with van der Waals surface area (Å²) in [6.45, 7) is 7.19. The number of aryl methyl sites for hydroxylation is 1. The Morgan fingerprint density at radius 2 is 2.20 bits per heavy atom. The molecule has 0 radical (unpaired) electrons. The molecule has 0 bridgehead atoms. The summed E-state index contributed by atoms with van der Waals surface area (Å²) in [4.78, 5) is 13.9. The van der Waals surface area contributed by atoms with E-state index < -0.39 is 0 Å². The van der Waals surface area contributed by atoms with Gasteiger partial charge in [0.1, 0.15) is 5.76 Å². The van der Waals surface area contributed by atoms with E-state index >= 15 is 0 Å². The molecule has 0 spiro atoms. The molecule has 7 nitrogen and oxygen atoms in total. The second kappa shape index (κ2) is 7.86. The van der Waals surface area contributed by atoms with Crippen molar-refractivity contribution in [3.8, 4) is 0 Å². The van der Waals surface area contributed by atoms with Gasteiger partial charge in [-0.3, -0.25) is 10.2 Å². The molecule has 0 aromatic carbocycles. The summed E-state index contributed by atoms with van der Waals surface area (Å²) in [6.07, 6.45) is 2.03. The third kappa shape index (κ3) is 5.18. The lowest BCUT2D eigenvalue weighted by atomic mass is 10.3. The molecule has 1 aromatic rings. The summed E-state index contributed by atoms with van der Waals surface area (Å²) in [5.74, 6) is 1.11. The second-order valence-electron chi connectivity index (χ2n) is 4.86. The zero-order chi connectivity index (χ0) is 14.2. The van der Waals surface area contributed by atoms with Crippen LogP contribution in [0.4, 0.5) is 10.6 Å². The zero-order valence-electron chi connectivity index (χ0n) is 11.9. The lowest BCUT2D eigenvalue weighted by Gasteiger charge is -2.26. The second-order valence-corrected chi connectivity index (χ2v) is 4.86. The highest BCUT2D eigenvalue weighted by Crippen LogP contribution is 2.06. The number of rotatable bonds is 6. The first-order valence-corrected chi connectivity index (χ1v) is 7.02. The predicted molar refractivity (Wildman–Crippen MR) is 74.8 cm³/mol. The SMILES string of the molecule is Cc1cc(NC(=O)NCCCCN2CCOCC2)no1. The molecule has 7 heteroatoms. The van der Waals surface area contributed by atoms with Gasteiger partial charge in [-0.2, -0.15) is 0 Å². The van der Waals surface area contributed by atoms with Crippen LogP contribution in [0.15, 0.2) is 10.6 Å². The van der Waals surface area contributed by atoms with E-state index in [1.807, 2.05) is 0 Å². The zero-order valence-corrected chi connectivity index (χ0v) is 11.9. The lowest BCUT2D eigenvalue weighted by Crippen LogP contribution is -2.37. The van der Waals surface area contributed by atoms with Crippen LogP contribution in [-0.2, 0) is 4.74 Å². The van der Waals surface area contributed by atoms with Crippen LogP contribution in [-0.4, -0.2) is 55.5 Å². The Bertz CT molecular complexity index is 416. The van der Waals surface area contributed by atoms with Gasteiger partial charge < -0.3 is 14.6 Å². The summed E-state index contributed by atoms with van der Waals surface area (Å²) < 4.78 is 10.2. The molecule has 1 aliphatic heterocycles. The predicted octanol–water partition coefficient (Wildman–Crippen LogP) is 1.22. The van der Waals surface area contributed by atoms with Crippen LogP contribution in [0.3, 0.4) is 0 Å². The van der Waals surface area contributed by atoms with Crippen molar-refractivity contribution in [1.29, 1.82) is 0 Å². The van der Waals surface area contributed by atoms with Gasteiger partial charge in [-0.1, -0.05) is 5.16 Å². The van der Waals surface area contributed by atoms with Gasteiger partial charge in [0.15, 0.2) is 5.82 Å². The average molecular weight is 282 g/mol. The number of unbranched alkanes of at least 4 members (excludes halogenated alkanes) is 1. The Hall–Kier alpha value is -1.60. The molecule has 2 amide bonds. The first kappa shape index (κ1) is 14.8. The number of nitrogens with zero attached hydrogens (tertiary/aromatic N) is 2. The fraction of sp³-hybridized carbons (Fsp3) is 0.692. The van der Waals surface area contributed by atoms with Crippen molar-refractivity contribution < 1.29 is 14.1 Å². The minimum atomic E-state index is -0.246. The highest BCUT2D eigenvalue weighted by molar-refractivity contribution is 5.88. The molecule has 2 N–H and O–H groups in total. The van der Waals surface area contributed by atoms with E-state index in [0.29, 0.717) is 18.1 Å². The number of hydrogen-bond donors (Lipinski definition) is 2. The third-order valence-electron chi connectivity index (χ3n) is 3.16. The fourth-order valence-electron chi connectivity index (χ4n) is 2.07. The van der Waals surface area contributed by atoms with Gasteiger partial charge in [-0.15, -0.1) is 0 Å². The molecule has 0 saturated carbocycles. The Balaban J connectivity index is 1.51. The largest absolute Gasteiger partial charge is 0.379 e. The molecule has 0 unspecified atom stereocenters. The van der Waals surface area contributed by atoms with Crippen LogP contribution in [0.25, 0.3) is 0 Å². The Morgan fingerprint density at radius 1 is 1.40 bits per heavy atom. The van der Waals surface area contributed by atoms with Gasteiger partial charge >= 0.3 is 6.03 Å². The number of hydrogen-bond acceptors (Lipinski definition) is 5. The van der Waals surface area contributed by atoms with Gasteiger partial charge in [-0.25, -0.2) is 4.79 Å². The molecule has 0 aliphatic carbocycles. The standard InChI is InChI=1S/C13H22N4O3/c1-11-10-12(16-20-11)15-13(18)14-4-2-3-5-17-6-8-19-9-7-17/h10H,2-9H2,1H3,(H2,14,15,16,18). The number of carbonyl (C=O) groups excluding carboxylic acids is 1. The van der Waals surface area contributed by atoms with Crippen molar-refractivity contribution >= 4 is 11.8 Å². The summed E-state index contributed by atoms with van der Waals surface area (Å²) in [6, 6.07) is 1.43. The number of ether oxygens (including phenoxy) is 1. The van der Waals surface area contributed by atoms with Gasteiger partial charge in [0, 0.05) is 25.7 Å². The minimum absolute atomic E-state index is 0.246. The molecule has 0 atom stereocenters. The molecule has 1 saturated heterocycles. The molecule has 1 fully saturated rings. The smallest absolute Gasteiger partial charge is 0.320 e. The van der Waals surface area contributed by atoms with Gasteiger partial charge in [0.2, 0.25) is 0 Å². The summed E-state index contributed by atoms with van der Waals surface area (Å²) >= 11 is 0. The first-order valence-electron chi connectivity index (χ1n) is 7.02. The first-order chi connectivity index (χ1) is 9.74. The highest BCUT2D eigenvalue weighted by Gasteiger charge is 2.09. The molecule has 112 valence electrons. The molecule has 1 aromatic heterocycles. The topological polar surface area (TPSA) is 79.6 Å². The summed E-state index contributed by atoms with van der Waals surface area (Å²) in [5.41, 5.74) is 0. The van der Waals surface area contributed by atoms with E-state index in [1.54, 1.807) is 13.0 Å². The minimum Gasteiger partial charge on any atom is -0.379 e. The summed E-state index contributed by atoms with van der Waals surface area (Å²) in [5, 5.41) is 9.12. The van der Waals surface area contributed by atoms with Crippen molar-refractivity contribution in [1.82, 2.24) is 15.4 Å². The Kier molecular flexibility index (Phi) is 5.82. The quantitative estimate of drug-likeness (QED) is 0.767. The van der Waals surface area contributed by atoms with Crippen LogP contribution in [0.1, 0.15) is 18.6 Å². The van der Waals surface area contributed by atoms with Crippen molar-refractivity contribution in [3.63, 3.8) is 0 Å². The van der Waals surface area contributed by atoms with Crippen LogP contribution in [0.5, 0.6) is 0 Å². The average Bonchev–Trinajstić information content (AvgIpc) is 2.85. The van der Waals surface area contributed by atoms with Gasteiger partial charge in [0.05, 0.1) is 13.2 Å². The van der Waals surface area contributed by atoms with E-state index in [9.17, 15) is 4.79 Å². The number of anilines is 1. The van der Waals surface area contributed by atoms with Crippen molar-refractivity contribution in [2.45, 2.75) is 19.8 Å². The van der Waals surface area contributed by atoms with Crippen molar-refractivity contribution in [3.05, 3.63) is 11.8 Å². The molecular formula is C13H22N4O3. The van der Waals surface area contributed by atoms with E-state index in [1.165, 1.54) is 0 Å². The van der Waals surface area contributed by atoms with Crippen LogP contribution in [0, 0.1) is 6.92 Å². The molecule has 1 aliphatic rings.